The molecule has 3 nitrogen and oxygen atoms in total. The van der Waals surface area contributed by atoms with Crippen LogP contribution in [-0.4, -0.2) is 25.7 Å². The van der Waals surface area contributed by atoms with E-state index in [1.807, 2.05) is 6.92 Å². The Bertz CT molecular complexity index is 205. The maximum Gasteiger partial charge on any atom is 0.243 e. The number of carbonyl (C=O) groups excluding carboxylic acids is 1. The van der Waals surface area contributed by atoms with Crippen LogP contribution in [0.2, 0.25) is 0 Å². The molecule has 13 heavy (non-hydrogen) atoms. The maximum atomic E-state index is 11.1. The molecule has 1 N–H and O–H groups in total. The van der Waals surface area contributed by atoms with Gasteiger partial charge in [-0.05, 0) is 19.4 Å². The van der Waals surface area contributed by atoms with Crippen LogP contribution >= 0.6 is 0 Å². The van der Waals surface area contributed by atoms with Crippen molar-refractivity contribution >= 4 is 5.91 Å². The van der Waals surface area contributed by atoms with Gasteiger partial charge in [-0.1, -0.05) is 13.0 Å². The molecule has 1 rings (SSSR count). The van der Waals surface area contributed by atoms with Gasteiger partial charge in [0.1, 0.15) is 0 Å². The Morgan fingerprint density at radius 2 is 2.46 bits per heavy atom. The third-order valence-electron chi connectivity index (χ3n) is 2.31. The molecule has 1 aliphatic heterocycles. The summed E-state index contributed by atoms with van der Waals surface area (Å²) in [5, 5.41) is 2.86. The van der Waals surface area contributed by atoms with E-state index in [0.717, 1.165) is 19.6 Å². The predicted octanol–water partition coefficient (Wildman–Crippen LogP) is 1.11. The molecule has 0 aromatic carbocycles. The fraction of sp³-hybridized carbons (Fsp3) is 0.700. The predicted molar refractivity (Wildman–Crippen MR) is 51.4 cm³/mol. The topological polar surface area (TPSA) is 38.3 Å². The van der Waals surface area contributed by atoms with E-state index < -0.39 is 0 Å². The van der Waals surface area contributed by atoms with Crippen molar-refractivity contribution in [3.63, 3.8) is 0 Å². The highest BCUT2D eigenvalue weighted by molar-refractivity contribution is 5.87. The SMILES string of the molecule is C/C=C/C(=O)NCC1(C)CCOC1. The van der Waals surface area contributed by atoms with Gasteiger partial charge in [0.2, 0.25) is 5.91 Å². The standard InChI is InChI=1S/C10H17NO2/c1-3-4-9(12)11-7-10(2)5-6-13-8-10/h3-4H,5-8H2,1-2H3,(H,11,12)/b4-3+. The molecule has 0 aromatic rings. The van der Waals surface area contributed by atoms with Crippen LogP contribution in [0, 0.1) is 5.41 Å². The lowest BCUT2D eigenvalue weighted by Crippen LogP contribution is -2.35. The fourth-order valence-corrected chi connectivity index (χ4v) is 1.36. The van der Waals surface area contributed by atoms with Gasteiger partial charge < -0.3 is 10.1 Å². The van der Waals surface area contributed by atoms with Gasteiger partial charge in [0.15, 0.2) is 0 Å². The summed E-state index contributed by atoms with van der Waals surface area (Å²) in [4.78, 5) is 11.1. The summed E-state index contributed by atoms with van der Waals surface area (Å²) in [5.74, 6) is -0.0179. The Balaban J connectivity index is 2.28. The van der Waals surface area contributed by atoms with Crippen LogP contribution < -0.4 is 5.32 Å². The zero-order valence-corrected chi connectivity index (χ0v) is 8.30. The number of hydrogen-bond acceptors (Lipinski definition) is 2. The minimum Gasteiger partial charge on any atom is -0.381 e. The van der Waals surface area contributed by atoms with Crippen LogP contribution in [0.4, 0.5) is 0 Å². The van der Waals surface area contributed by atoms with Crippen LogP contribution in [0.15, 0.2) is 12.2 Å². The smallest absolute Gasteiger partial charge is 0.243 e. The number of amides is 1. The molecule has 0 aliphatic carbocycles. The van der Waals surface area contributed by atoms with Crippen molar-refractivity contribution in [3.05, 3.63) is 12.2 Å². The van der Waals surface area contributed by atoms with E-state index in [4.69, 9.17) is 4.74 Å². The van der Waals surface area contributed by atoms with Crippen molar-refractivity contribution in [2.24, 2.45) is 5.41 Å². The van der Waals surface area contributed by atoms with Gasteiger partial charge in [-0.2, -0.15) is 0 Å². The minimum absolute atomic E-state index is 0.0179. The van der Waals surface area contributed by atoms with Gasteiger partial charge in [0.25, 0.3) is 0 Å². The van der Waals surface area contributed by atoms with Gasteiger partial charge in [-0.3, -0.25) is 4.79 Å². The largest absolute Gasteiger partial charge is 0.381 e. The first-order valence-electron chi connectivity index (χ1n) is 4.65. The molecule has 0 saturated carbocycles. The molecule has 0 spiro atoms. The zero-order valence-electron chi connectivity index (χ0n) is 8.30. The molecule has 1 heterocycles. The second kappa shape index (κ2) is 4.42. The summed E-state index contributed by atoms with van der Waals surface area (Å²) in [6.07, 6.45) is 4.31. The van der Waals surface area contributed by atoms with Crippen LogP contribution in [0.3, 0.4) is 0 Å². The van der Waals surface area contributed by atoms with Crippen LogP contribution in [0.1, 0.15) is 20.3 Å². The molecule has 0 radical (unpaired) electrons. The number of hydrogen-bond donors (Lipinski definition) is 1. The van der Waals surface area contributed by atoms with E-state index in [1.54, 1.807) is 12.2 Å². The molecular formula is C10H17NO2. The fourth-order valence-electron chi connectivity index (χ4n) is 1.36. The Hall–Kier alpha value is -0.830. The number of ether oxygens (including phenoxy) is 1. The monoisotopic (exact) mass is 183 g/mol. The van der Waals surface area contributed by atoms with Gasteiger partial charge in [-0.15, -0.1) is 0 Å². The number of allylic oxidation sites excluding steroid dienone is 1. The quantitative estimate of drug-likeness (QED) is 0.665. The molecule has 3 heteroatoms. The van der Waals surface area contributed by atoms with Gasteiger partial charge in [-0.25, -0.2) is 0 Å². The summed E-state index contributed by atoms with van der Waals surface area (Å²) in [5.41, 5.74) is 0.136. The summed E-state index contributed by atoms with van der Waals surface area (Å²) in [7, 11) is 0. The van der Waals surface area contributed by atoms with Crippen LogP contribution in [0.5, 0.6) is 0 Å². The van der Waals surface area contributed by atoms with E-state index in [0.29, 0.717) is 6.54 Å². The molecule has 1 amide bonds. The molecule has 1 atom stereocenters. The van der Waals surface area contributed by atoms with E-state index in [1.165, 1.54) is 0 Å². The molecule has 1 unspecified atom stereocenters. The number of nitrogens with one attached hydrogen (secondary N) is 1. The molecule has 1 saturated heterocycles. The van der Waals surface area contributed by atoms with Crippen molar-refractivity contribution in [1.82, 2.24) is 5.32 Å². The lowest BCUT2D eigenvalue weighted by molar-refractivity contribution is -0.117. The average Bonchev–Trinajstić information content (AvgIpc) is 2.51. The van der Waals surface area contributed by atoms with Crippen LogP contribution in [-0.2, 0) is 9.53 Å². The second-order valence-corrected chi connectivity index (χ2v) is 3.83. The van der Waals surface area contributed by atoms with Crippen molar-refractivity contribution in [3.8, 4) is 0 Å². The molecule has 0 bridgehead atoms. The first-order chi connectivity index (χ1) is 6.16. The summed E-state index contributed by atoms with van der Waals surface area (Å²) >= 11 is 0. The molecule has 1 aliphatic rings. The number of rotatable bonds is 3. The van der Waals surface area contributed by atoms with E-state index >= 15 is 0 Å². The Kier molecular flexibility index (Phi) is 3.48. The second-order valence-electron chi connectivity index (χ2n) is 3.83. The van der Waals surface area contributed by atoms with Crippen LogP contribution in [0.25, 0.3) is 0 Å². The average molecular weight is 183 g/mol. The highest BCUT2D eigenvalue weighted by Crippen LogP contribution is 2.26. The van der Waals surface area contributed by atoms with Crippen molar-refractivity contribution in [2.45, 2.75) is 20.3 Å². The third-order valence-corrected chi connectivity index (χ3v) is 2.31. The first kappa shape index (κ1) is 10.3. The lowest BCUT2D eigenvalue weighted by Gasteiger charge is -2.21. The third kappa shape index (κ3) is 3.19. The van der Waals surface area contributed by atoms with E-state index in [-0.39, 0.29) is 11.3 Å². The highest BCUT2D eigenvalue weighted by atomic mass is 16.5. The first-order valence-corrected chi connectivity index (χ1v) is 4.65. The Labute approximate surface area is 79.2 Å². The molecule has 0 aromatic heterocycles. The summed E-state index contributed by atoms with van der Waals surface area (Å²) in [6.45, 7) is 6.24. The molecular weight excluding hydrogens is 166 g/mol. The highest BCUT2D eigenvalue weighted by Gasteiger charge is 2.29. The molecule has 1 fully saturated rings. The number of carbonyl (C=O) groups is 1. The lowest BCUT2D eigenvalue weighted by atomic mass is 9.90. The maximum absolute atomic E-state index is 11.1. The van der Waals surface area contributed by atoms with Gasteiger partial charge >= 0.3 is 0 Å². The van der Waals surface area contributed by atoms with E-state index in [9.17, 15) is 4.79 Å². The van der Waals surface area contributed by atoms with Gasteiger partial charge in [0, 0.05) is 18.6 Å². The van der Waals surface area contributed by atoms with E-state index in [2.05, 4.69) is 12.2 Å². The Morgan fingerprint density at radius 3 is 3.00 bits per heavy atom. The Morgan fingerprint density at radius 1 is 1.69 bits per heavy atom. The zero-order chi connectivity index (χ0) is 9.73. The summed E-state index contributed by atoms with van der Waals surface area (Å²) in [6, 6.07) is 0. The molecule has 74 valence electrons. The van der Waals surface area contributed by atoms with Gasteiger partial charge in [0.05, 0.1) is 6.61 Å². The normalized spacial score (nSPS) is 28.2. The van der Waals surface area contributed by atoms with Crippen molar-refractivity contribution in [2.75, 3.05) is 19.8 Å². The van der Waals surface area contributed by atoms with Crippen molar-refractivity contribution < 1.29 is 9.53 Å². The summed E-state index contributed by atoms with van der Waals surface area (Å²) < 4.78 is 5.28. The minimum atomic E-state index is -0.0179. The van der Waals surface area contributed by atoms with Crippen molar-refractivity contribution in [1.29, 1.82) is 0 Å².